The fraction of sp³-hybridized carbons (Fsp3) is 0.625. The van der Waals surface area contributed by atoms with Crippen molar-refractivity contribution in [1.29, 1.82) is 0 Å². The first-order chi connectivity index (χ1) is 13.6. The quantitative estimate of drug-likeness (QED) is 0.400. The van der Waals surface area contributed by atoms with Crippen molar-refractivity contribution >= 4 is 35.3 Å². The Hall–Kier alpha value is -1.99. The van der Waals surface area contributed by atoms with Gasteiger partial charge in [0, 0.05) is 19.4 Å². The second-order valence-corrected chi connectivity index (χ2v) is 7.91. The second-order valence-electron chi connectivity index (χ2n) is 6.74. The molecule has 0 radical (unpaired) electrons. The van der Waals surface area contributed by atoms with E-state index in [0.29, 0.717) is 42.4 Å². The number of anilines is 1. The smallest absolute Gasteiger partial charge is 0.219 e. The predicted octanol–water partition coefficient (Wildman–Crippen LogP) is -0.617. The van der Waals surface area contributed by atoms with Gasteiger partial charge in [0.15, 0.2) is 23.2 Å². The summed E-state index contributed by atoms with van der Waals surface area (Å²) in [7, 11) is 1.61. The molecule has 0 unspecified atom stereocenters. The summed E-state index contributed by atoms with van der Waals surface area (Å²) in [6.45, 7) is 1.32. The van der Waals surface area contributed by atoms with Crippen molar-refractivity contribution < 1.29 is 24.5 Å². The number of rotatable bonds is 7. The molecule has 2 aliphatic rings. The molecule has 2 aliphatic heterocycles. The van der Waals surface area contributed by atoms with Crippen LogP contribution in [0.3, 0.4) is 0 Å². The molecule has 12 heteroatoms. The lowest BCUT2D eigenvalue weighted by atomic mass is 10.1. The van der Waals surface area contributed by atoms with Crippen LogP contribution in [0.25, 0.3) is 11.2 Å². The Balaban J connectivity index is 1.54. The summed E-state index contributed by atoms with van der Waals surface area (Å²) in [6.07, 6.45) is 0.766. The van der Waals surface area contributed by atoms with Crippen LogP contribution in [0.1, 0.15) is 12.6 Å². The molecule has 2 aromatic heterocycles. The maximum atomic E-state index is 10.7. The number of aliphatic hydroxyl groups excluding tert-OH is 2. The van der Waals surface area contributed by atoms with Crippen LogP contribution in [0.4, 0.5) is 5.82 Å². The van der Waals surface area contributed by atoms with Gasteiger partial charge in [0.1, 0.15) is 18.5 Å². The summed E-state index contributed by atoms with van der Waals surface area (Å²) in [5, 5.41) is 24.1. The molecule has 11 nitrogen and oxygen atoms in total. The van der Waals surface area contributed by atoms with Crippen LogP contribution in [-0.2, 0) is 14.3 Å². The number of fused-ring (bicyclic) bond motifs is 1. The number of carbonyl (C=O) groups excluding carboxylic acids is 1. The molecule has 0 saturated carbocycles. The Bertz CT molecular complexity index is 831. The Kier molecular flexibility index (Phi) is 5.64. The standard InChI is InChI=1S/C16H22N6O5S/c1-21(8-23)28-5-10-12(24)13(25)16(27-10)22-7-19-11-14(17-6-18-15(11)22)20-9-2-3-26-4-9/h6-10,12-13,16,24-25H,2-5H2,1H3,(H,17,18,20)/t9-,10-,12-,13-,16-/m1/s1. The van der Waals surface area contributed by atoms with E-state index < -0.39 is 24.5 Å². The molecule has 3 N–H and O–H groups in total. The summed E-state index contributed by atoms with van der Waals surface area (Å²) in [5.41, 5.74) is 1.05. The zero-order valence-electron chi connectivity index (χ0n) is 15.2. The summed E-state index contributed by atoms with van der Waals surface area (Å²) >= 11 is 1.20. The average Bonchev–Trinajstić information content (AvgIpc) is 3.42. The van der Waals surface area contributed by atoms with E-state index in [2.05, 4.69) is 20.3 Å². The predicted molar refractivity (Wildman–Crippen MR) is 100 cm³/mol. The molecular weight excluding hydrogens is 388 g/mol. The van der Waals surface area contributed by atoms with Gasteiger partial charge in [0.25, 0.3) is 0 Å². The van der Waals surface area contributed by atoms with Gasteiger partial charge in [-0.25, -0.2) is 15.0 Å². The van der Waals surface area contributed by atoms with Crippen LogP contribution in [-0.4, -0.2) is 90.8 Å². The number of aromatic nitrogens is 4. The maximum absolute atomic E-state index is 10.7. The Labute approximate surface area is 165 Å². The van der Waals surface area contributed by atoms with Crippen LogP contribution >= 0.6 is 11.9 Å². The highest BCUT2D eigenvalue weighted by Gasteiger charge is 2.44. The van der Waals surface area contributed by atoms with Gasteiger partial charge in [-0.3, -0.25) is 13.7 Å². The van der Waals surface area contributed by atoms with Crippen molar-refractivity contribution in [2.45, 2.75) is 37.0 Å². The number of imidazole rings is 1. The van der Waals surface area contributed by atoms with Crippen molar-refractivity contribution in [2.75, 3.05) is 31.3 Å². The molecule has 0 aromatic carbocycles. The molecule has 152 valence electrons. The highest BCUT2D eigenvalue weighted by atomic mass is 32.2. The summed E-state index contributed by atoms with van der Waals surface area (Å²) in [6, 6.07) is 0.162. The van der Waals surface area contributed by atoms with E-state index in [4.69, 9.17) is 9.47 Å². The van der Waals surface area contributed by atoms with Crippen LogP contribution in [0, 0.1) is 0 Å². The van der Waals surface area contributed by atoms with Crippen LogP contribution in [0.5, 0.6) is 0 Å². The summed E-state index contributed by atoms with van der Waals surface area (Å²) in [4.78, 5) is 23.6. The fourth-order valence-corrected chi connectivity index (χ4v) is 4.02. The monoisotopic (exact) mass is 410 g/mol. The topological polar surface area (TPSA) is 135 Å². The Morgan fingerprint density at radius 1 is 1.39 bits per heavy atom. The third-order valence-corrected chi connectivity index (χ3v) is 5.80. The molecule has 5 atom stereocenters. The molecule has 2 fully saturated rings. The molecule has 0 spiro atoms. The molecule has 2 aromatic rings. The van der Waals surface area contributed by atoms with E-state index in [1.54, 1.807) is 11.6 Å². The van der Waals surface area contributed by atoms with E-state index in [0.717, 1.165) is 6.42 Å². The van der Waals surface area contributed by atoms with Crippen LogP contribution < -0.4 is 5.32 Å². The molecule has 2 saturated heterocycles. The maximum Gasteiger partial charge on any atom is 0.219 e. The fourth-order valence-electron chi connectivity index (χ4n) is 3.30. The minimum Gasteiger partial charge on any atom is -0.387 e. The van der Waals surface area contributed by atoms with Crippen LogP contribution in [0.15, 0.2) is 12.7 Å². The van der Waals surface area contributed by atoms with E-state index >= 15 is 0 Å². The first-order valence-electron chi connectivity index (χ1n) is 8.93. The average molecular weight is 410 g/mol. The number of aliphatic hydroxyl groups is 2. The minimum absolute atomic E-state index is 0.162. The van der Waals surface area contributed by atoms with Gasteiger partial charge in [-0.2, -0.15) is 0 Å². The summed E-state index contributed by atoms with van der Waals surface area (Å²) < 4.78 is 14.2. The van der Waals surface area contributed by atoms with Gasteiger partial charge in [-0.05, 0) is 18.4 Å². The van der Waals surface area contributed by atoms with Crippen LogP contribution in [0.2, 0.25) is 0 Å². The summed E-state index contributed by atoms with van der Waals surface area (Å²) in [5.74, 6) is 0.909. The van der Waals surface area contributed by atoms with Gasteiger partial charge in [0.2, 0.25) is 6.41 Å². The number of nitrogens with one attached hydrogen (secondary N) is 1. The van der Waals surface area contributed by atoms with Gasteiger partial charge >= 0.3 is 0 Å². The van der Waals surface area contributed by atoms with E-state index in [1.807, 2.05) is 0 Å². The van der Waals surface area contributed by atoms with Crippen molar-refractivity contribution in [3.63, 3.8) is 0 Å². The lowest BCUT2D eigenvalue weighted by molar-refractivity contribution is -0.113. The van der Waals surface area contributed by atoms with Crippen molar-refractivity contribution in [3.05, 3.63) is 12.7 Å². The number of hydrogen-bond acceptors (Lipinski definition) is 10. The number of carbonyl (C=O) groups is 1. The van der Waals surface area contributed by atoms with Crippen molar-refractivity contribution in [1.82, 2.24) is 23.8 Å². The third-order valence-electron chi connectivity index (χ3n) is 4.83. The Morgan fingerprint density at radius 3 is 3.00 bits per heavy atom. The minimum atomic E-state index is -1.15. The number of nitrogens with zero attached hydrogens (tertiary/aromatic N) is 5. The van der Waals surface area contributed by atoms with Gasteiger partial charge in [-0.1, -0.05) is 0 Å². The van der Waals surface area contributed by atoms with Gasteiger partial charge in [0.05, 0.1) is 25.1 Å². The zero-order chi connectivity index (χ0) is 19.7. The second kappa shape index (κ2) is 8.17. The largest absolute Gasteiger partial charge is 0.387 e. The number of ether oxygens (including phenoxy) is 2. The number of amides is 1. The van der Waals surface area contributed by atoms with Gasteiger partial charge < -0.3 is 25.0 Å². The van der Waals surface area contributed by atoms with Gasteiger partial charge in [-0.15, -0.1) is 0 Å². The first-order valence-corrected chi connectivity index (χ1v) is 9.87. The highest BCUT2D eigenvalue weighted by molar-refractivity contribution is 7.97. The highest BCUT2D eigenvalue weighted by Crippen LogP contribution is 2.33. The molecule has 4 heterocycles. The lowest BCUT2D eigenvalue weighted by Crippen LogP contribution is -2.33. The molecule has 1 amide bonds. The van der Waals surface area contributed by atoms with E-state index in [-0.39, 0.29) is 6.04 Å². The number of hydrogen-bond donors (Lipinski definition) is 3. The first kappa shape index (κ1) is 19.3. The zero-order valence-corrected chi connectivity index (χ0v) is 16.0. The van der Waals surface area contributed by atoms with E-state index in [9.17, 15) is 15.0 Å². The lowest BCUT2D eigenvalue weighted by Gasteiger charge is -2.17. The Morgan fingerprint density at radius 2 is 2.25 bits per heavy atom. The molecule has 0 bridgehead atoms. The van der Waals surface area contributed by atoms with Crippen molar-refractivity contribution in [2.24, 2.45) is 0 Å². The van der Waals surface area contributed by atoms with Crippen molar-refractivity contribution in [3.8, 4) is 0 Å². The molecule has 28 heavy (non-hydrogen) atoms. The molecular formula is C16H22N6O5S. The normalized spacial score (nSPS) is 30.0. The molecule has 0 aliphatic carbocycles. The third kappa shape index (κ3) is 3.65. The SMILES string of the molecule is CN(C=O)SC[C@H]1O[C@@H](n2cnc3c(N[C@@H]4CCOC4)ncnc32)[C@H](O)[C@@H]1O. The van der Waals surface area contributed by atoms with E-state index in [1.165, 1.54) is 28.9 Å². The molecule has 4 rings (SSSR count).